The molecule has 0 radical (unpaired) electrons. The maximum absolute atomic E-state index is 2.56. The van der Waals surface area contributed by atoms with Crippen LogP contribution in [0.25, 0.3) is 17.2 Å². The smallest absolute Gasteiger partial charge is 0.000207 e. The molecule has 0 saturated heterocycles. The lowest BCUT2D eigenvalue weighted by Gasteiger charge is -2.27. The number of fused-ring (bicyclic) bond motifs is 2. The zero-order valence-electron chi connectivity index (χ0n) is 35.2. The summed E-state index contributed by atoms with van der Waals surface area (Å²) in [6, 6.07) is 28.7. The van der Waals surface area contributed by atoms with Gasteiger partial charge in [0.05, 0.1) is 0 Å². The van der Waals surface area contributed by atoms with Crippen LogP contribution in [0.15, 0.2) is 90.5 Å². The predicted octanol–water partition coefficient (Wildman–Crippen LogP) is 12.6. The second-order valence-corrected chi connectivity index (χ2v) is 20.9. The largest absolute Gasteiger partial charge is 0.0735 e. The van der Waals surface area contributed by atoms with Crippen molar-refractivity contribution >= 4 is 17.2 Å². The molecule has 0 bridgehead atoms. The van der Waals surface area contributed by atoms with Gasteiger partial charge in [-0.15, -0.1) is 0 Å². The highest BCUT2D eigenvalue weighted by molar-refractivity contribution is 5.89. The minimum Gasteiger partial charge on any atom is -0.0735 e. The molecule has 4 aromatic rings. The fraction of sp³-hybridized carbons (Fsp3) is 0.423. The van der Waals surface area contributed by atoms with E-state index in [9.17, 15) is 0 Å². The lowest BCUT2D eigenvalue weighted by molar-refractivity contribution is 0.516. The minimum absolute atomic E-state index is 0.0629. The van der Waals surface area contributed by atoms with Gasteiger partial charge in [0, 0.05) is 5.92 Å². The third-order valence-electron chi connectivity index (χ3n) is 11.4. The summed E-state index contributed by atoms with van der Waals surface area (Å²) in [5.41, 5.74) is 15.1. The van der Waals surface area contributed by atoms with E-state index in [0.29, 0.717) is 5.92 Å². The Balaban J connectivity index is 1.89. The number of benzene rings is 4. The van der Waals surface area contributed by atoms with E-state index in [1.807, 2.05) is 0 Å². The molecule has 0 fully saturated rings. The van der Waals surface area contributed by atoms with Gasteiger partial charge in [0.2, 0.25) is 0 Å². The Bertz CT molecular complexity index is 2260. The average molecular weight is 689 g/mol. The second kappa shape index (κ2) is 12.6. The fourth-order valence-corrected chi connectivity index (χ4v) is 7.96. The van der Waals surface area contributed by atoms with Crippen molar-refractivity contribution < 1.29 is 0 Å². The molecule has 6 rings (SSSR count). The van der Waals surface area contributed by atoms with Gasteiger partial charge in [-0.25, -0.2) is 0 Å². The molecule has 1 unspecified atom stereocenters. The van der Waals surface area contributed by atoms with Gasteiger partial charge in [-0.2, -0.15) is 0 Å². The zero-order chi connectivity index (χ0) is 38.3. The normalized spacial score (nSPS) is 16.3. The van der Waals surface area contributed by atoms with Crippen LogP contribution in [0, 0.1) is 21.8 Å². The Morgan fingerprint density at radius 2 is 0.962 bits per heavy atom. The van der Waals surface area contributed by atoms with Gasteiger partial charge in [-0.05, 0) is 121 Å². The lowest BCUT2D eigenvalue weighted by atomic mass is 9.76. The van der Waals surface area contributed by atoms with Gasteiger partial charge < -0.3 is 0 Å². The molecule has 272 valence electrons. The summed E-state index contributed by atoms with van der Waals surface area (Å²) in [5.74, 6) is 0.294. The van der Waals surface area contributed by atoms with E-state index in [0.717, 1.165) is 0 Å². The predicted molar refractivity (Wildman–Crippen MR) is 227 cm³/mol. The SMILES string of the molecule is CC1C=C(C(C)(C)C)C=C1c1c2c(cc(C(C)(C)C)c1=C(c1ccc(C(C)(C)C)cc1)c1ccc(C(C)(C)C)cc1)=c1cc(C(C)(C)C)ccc1=C2. The fourth-order valence-electron chi connectivity index (χ4n) is 7.96. The highest BCUT2D eigenvalue weighted by Crippen LogP contribution is 2.42. The summed E-state index contributed by atoms with van der Waals surface area (Å²) >= 11 is 0. The van der Waals surface area contributed by atoms with Crippen molar-refractivity contribution in [1.29, 1.82) is 0 Å². The monoisotopic (exact) mass is 689 g/mol. The average Bonchev–Trinajstić information content (AvgIpc) is 3.59. The Morgan fingerprint density at radius 1 is 0.481 bits per heavy atom. The van der Waals surface area contributed by atoms with E-state index >= 15 is 0 Å². The summed E-state index contributed by atoms with van der Waals surface area (Å²) in [5, 5.41) is 5.43. The van der Waals surface area contributed by atoms with Crippen molar-refractivity contribution in [2.45, 2.75) is 132 Å². The van der Waals surface area contributed by atoms with E-state index < -0.39 is 0 Å². The third kappa shape index (κ3) is 7.08. The first-order valence-corrected chi connectivity index (χ1v) is 19.6. The molecule has 4 aromatic carbocycles. The van der Waals surface area contributed by atoms with Gasteiger partial charge in [0.25, 0.3) is 0 Å². The van der Waals surface area contributed by atoms with Crippen molar-refractivity contribution in [3.63, 3.8) is 0 Å². The van der Waals surface area contributed by atoms with Gasteiger partial charge in [-0.3, -0.25) is 0 Å². The van der Waals surface area contributed by atoms with Crippen molar-refractivity contribution in [2.75, 3.05) is 0 Å². The zero-order valence-corrected chi connectivity index (χ0v) is 35.2. The maximum Gasteiger partial charge on any atom is 0.000207 e. The molecule has 2 aliphatic rings. The molecule has 2 aliphatic carbocycles. The lowest BCUT2D eigenvalue weighted by Crippen LogP contribution is -2.30. The number of hydrogen-bond acceptors (Lipinski definition) is 0. The molecule has 52 heavy (non-hydrogen) atoms. The molecular weight excluding hydrogens is 625 g/mol. The Hall–Kier alpha value is -3.90. The molecule has 0 amide bonds. The van der Waals surface area contributed by atoms with E-state index in [1.165, 1.54) is 82.1 Å². The van der Waals surface area contributed by atoms with Gasteiger partial charge in [-0.1, -0.05) is 190 Å². The van der Waals surface area contributed by atoms with Crippen LogP contribution in [0.4, 0.5) is 0 Å². The molecule has 0 N–H and O–H groups in total. The van der Waals surface area contributed by atoms with Crippen molar-refractivity contribution in [1.82, 2.24) is 0 Å². The van der Waals surface area contributed by atoms with E-state index in [-0.39, 0.29) is 27.1 Å². The van der Waals surface area contributed by atoms with Gasteiger partial charge in [0.15, 0.2) is 0 Å². The molecule has 1 atom stereocenters. The minimum atomic E-state index is -0.117. The summed E-state index contributed by atoms with van der Waals surface area (Å²) in [7, 11) is 0. The highest BCUT2D eigenvalue weighted by atomic mass is 14.3. The van der Waals surface area contributed by atoms with E-state index in [1.54, 1.807) is 0 Å². The molecular formula is C52H64. The van der Waals surface area contributed by atoms with Crippen LogP contribution in [0.3, 0.4) is 0 Å². The summed E-state index contributed by atoms with van der Waals surface area (Å²) < 4.78 is 0. The second-order valence-electron chi connectivity index (χ2n) is 20.9. The molecule has 0 nitrogen and oxygen atoms in total. The van der Waals surface area contributed by atoms with Crippen LogP contribution in [-0.4, -0.2) is 0 Å². The van der Waals surface area contributed by atoms with Gasteiger partial charge >= 0.3 is 0 Å². The Morgan fingerprint density at radius 3 is 1.38 bits per heavy atom. The number of hydrogen-bond donors (Lipinski definition) is 0. The van der Waals surface area contributed by atoms with Crippen LogP contribution in [-0.2, 0) is 21.7 Å². The number of rotatable bonds is 3. The van der Waals surface area contributed by atoms with Crippen LogP contribution in [0.5, 0.6) is 0 Å². The van der Waals surface area contributed by atoms with E-state index in [2.05, 4.69) is 202 Å². The van der Waals surface area contributed by atoms with Crippen molar-refractivity contribution in [2.24, 2.45) is 11.3 Å². The van der Waals surface area contributed by atoms with Crippen molar-refractivity contribution in [3.8, 4) is 0 Å². The quantitative estimate of drug-likeness (QED) is 0.177. The topological polar surface area (TPSA) is 0 Å². The summed E-state index contributed by atoms with van der Waals surface area (Å²) in [6.45, 7) is 37.5. The Kier molecular flexibility index (Phi) is 9.18. The molecule has 0 heterocycles. The Labute approximate surface area is 315 Å². The van der Waals surface area contributed by atoms with Crippen molar-refractivity contribution in [3.05, 3.63) is 156 Å². The summed E-state index contributed by atoms with van der Waals surface area (Å²) in [6.07, 6.45) is 7.55. The first-order valence-electron chi connectivity index (χ1n) is 19.6. The van der Waals surface area contributed by atoms with Crippen LogP contribution < -0.4 is 10.4 Å². The molecule has 0 aliphatic heterocycles. The summed E-state index contributed by atoms with van der Waals surface area (Å²) in [4.78, 5) is 0. The molecule has 0 heteroatoms. The maximum atomic E-state index is 2.56. The molecule has 0 aromatic heterocycles. The first kappa shape index (κ1) is 37.8. The van der Waals surface area contributed by atoms with Crippen LogP contribution in [0.2, 0.25) is 0 Å². The van der Waals surface area contributed by atoms with Gasteiger partial charge in [0.1, 0.15) is 0 Å². The third-order valence-corrected chi connectivity index (χ3v) is 11.4. The highest BCUT2D eigenvalue weighted by Gasteiger charge is 2.31. The first-order chi connectivity index (χ1) is 23.9. The van der Waals surface area contributed by atoms with Crippen LogP contribution >= 0.6 is 0 Å². The molecule has 0 saturated carbocycles. The molecule has 0 spiro atoms. The standard InChI is InChI=1S/C52H64/c1-32-27-39(51(11,12)13)30-40(32)46-43-28-35-21-26-38(50(8,9)10)29-41(35)42(43)31-44(52(14,15)16)47(46)45(33-17-22-36(23-18-33)48(2,3)4)34-19-24-37(25-20-34)49(5,6)7/h17-32H,1-16H3. The van der Waals surface area contributed by atoms with E-state index in [4.69, 9.17) is 0 Å². The number of allylic oxidation sites excluding steroid dienone is 4. The van der Waals surface area contributed by atoms with Crippen LogP contribution in [0.1, 0.15) is 155 Å².